The number of piperazine rings is 2. The average molecular weight is 1100 g/mol. The van der Waals surface area contributed by atoms with E-state index < -0.39 is 5.97 Å². The van der Waals surface area contributed by atoms with Crippen molar-refractivity contribution in [1.82, 2.24) is 35.2 Å². The number of carboxylic acid groups (broad SMARTS) is 1. The third kappa shape index (κ3) is 22.8. The number of aromatic nitrogens is 1. The minimum Gasteiger partial charge on any atom is -0.480 e. The first kappa shape index (κ1) is 59.3. The van der Waals surface area contributed by atoms with Gasteiger partial charge in [-0.2, -0.15) is 0 Å². The van der Waals surface area contributed by atoms with Crippen LogP contribution in [0.3, 0.4) is 0 Å². The van der Waals surface area contributed by atoms with Crippen molar-refractivity contribution in [2.75, 3.05) is 127 Å². The van der Waals surface area contributed by atoms with E-state index in [-0.39, 0.29) is 24.9 Å². The molecule has 3 N–H and O–H groups in total. The zero-order valence-corrected chi connectivity index (χ0v) is 45.9. The van der Waals surface area contributed by atoms with Gasteiger partial charge in [0, 0.05) is 92.7 Å². The van der Waals surface area contributed by atoms with Gasteiger partial charge in [0.1, 0.15) is 18.8 Å². The monoisotopic (exact) mass is 1100 g/mol. The number of aliphatic carboxylic acids is 1. The Hall–Kier alpha value is -4.58. The molecule has 6 aromatic rings. The van der Waals surface area contributed by atoms with E-state index in [9.17, 15) is 4.79 Å². The Kier molecular flexibility index (Phi) is 27.7. The molecule has 0 bridgehead atoms. The van der Waals surface area contributed by atoms with Crippen molar-refractivity contribution in [2.24, 2.45) is 0 Å². The van der Waals surface area contributed by atoms with Crippen molar-refractivity contribution in [3.8, 4) is 0 Å². The zero-order valence-electron chi connectivity index (χ0n) is 42.8. The van der Waals surface area contributed by atoms with Crippen LogP contribution in [0.1, 0.15) is 51.8 Å². The lowest BCUT2D eigenvalue weighted by molar-refractivity contribution is -0.142. The first-order valence-electron chi connectivity index (χ1n) is 24.9. The molecule has 2 aliphatic heterocycles. The van der Waals surface area contributed by atoms with Crippen molar-refractivity contribution in [3.63, 3.8) is 0 Å². The van der Waals surface area contributed by atoms with Gasteiger partial charge in [0.25, 0.3) is 0 Å². The molecular weight excluding hydrogens is 1030 g/mol. The Balaban J connectivity index is 0.000000194. The van der Waals surface area contributed by atoms with Crippen LogP contribution < -0.4 is 10.6 Å². The van der Waals surface area contributed by atoms with Gasteiger partial charge in [0.15, 0.2) is 0 Å². The molecule has 15 heteroatoms. The van der Waals surface area contributed by atoms with E-state index in [4.69, 9.17) is 42.5 Å². The zero-order chi connectivity index (χ0) is 52.0. The molecule has 8 rings (SSSR count). The highest BCUT2D eigenvalue weighted by molar-refractivity contribution is 9.10. The van der Waals surface area contributed by atoms with Crippen LogP contribution in [-0.2, 0) is 19.0 Å². The molecule has 3 unspecified atom stereocenters. The molecule has 0 spiro atoms. The summed E-state index contributed by atoms with van der Waals surface area (Å²) in [4.78, 5) is 23.9. The van der Waals surface area contributed by atoms with E-state index in [1.54, 1.807) is 6.20 Å². The number of carbonyl (C=O) groups is 1. The Morgan fingerprint density at radius 3 is 1.55 bits per heavy atom. The van der Waals surface area contributed by atoms with Crippen molar-refractivity contribution in [2.45, 2.75) is 18.2 Å². The fourth-order valence-electron chi connectivity index (χ4n) is 7.97. The molecule has 12 nitrogen and oxygen atoms in total. The third-order valence-corrected chi connectivity index (χ3v) is 12.9. The van der Waals surface area contributed by atoms with Gasteiger partial charge in [-0.25, -0.2) is 4.79 Å². The standard InChI is InChI=1S/C21H25ClN2O3.C17H20BrNO.C16H19ClN2O.C4H10N2/c22-19-8-6-18(7-9-19)21(17-4-2-1-3-5-17)24-12-10-23(11-13-24)14-15-27-16-20(25)26;1-19(2)12-13-20-17(14-6-4-3-5-7-14)15-8-10-16(18)11-9-15;1-19(2)11-12-20-16(15-5-3-4-10-18-15)13-6-8-14(17)9-7-13;1-2-6-4-3-5-1/h1-9,21H,10-16H2,(H,25,26);3-11,17H,12-13H2,1-2H3;3-10,16H,11-12H2,1-2H3;5-6H,1-4H2. The van der Waals surface area contributed by atoms with Gasteiger partial charge in [0.2, 0.25) is 0 Å². The van der Waals surface area contributed by atoms with Crippen molar-refractivity contribution in [3.05, 3.63) is 206 Å². The highest BCUT2D eigenvalue weighted by Gasteiger charge is 2.26. The number of likely N-dealkylation sites (N-methyl/N-ethyl adjacent to an activating group) is 2. The van der Waals surface area contributed by atoms with Gasteiger partial charge < -0.3 is 39.8 Å². The van der Waals surface area contributed by atoms with Gasteiger partial charge in [0.05, 0.1) is 31.6 Å². The Bertz CT molecular complexity index is 2260. The second-order valence-corrected chi connectivity index (χ2v) is 19.9. The van der Waals surface area contributed by atoms with Crippen LogP contribution >= 0.6 is 39.1 Å². The van der Waals surface area contributed by atoms with Gasteiger partial charge in [-0.1, -0.05) is 142 Å². The summed E-state index contributed by atoms with van der Waals surface area (Å²) < 4.78 is 18.4. The van der Waals surface area contributed by atoms with Gasteiger partial charge in [-0.3, -0.25) is 14.8 Å². The highest BCUT2D eigenvalue weighted by Crippen LogP contribution is 2.31. The number of hydrogen-bond acceptors (Lipinski definition) is 11. The molecule has 73 heavy (non-hydrogen) atoms. The maximum absolute atomic E-state index is 10.5. The molecule has 392 valence electrons. The molecule has 3 heterocycles. The largest absolute Gasteiger partial charge is 0.480 e. The summed E-state index contributed by atoms with van der Waals surface area (Å²) in [7, 11) is 8.17. The molecule has 5 aromatic carbocycles. The lowest BCUT2D eigenvalue weighted by Gasteiger charge is -2.39. The van der Waals surface area contributed by atoms with E-state index in [1.165, 1.54) is 22.3 Å². The van der Waals surface area contributed by atoms with Crippen LogP contribution in [0.5, 0.6) is 0 Å². The van der Waals surface area contributed by atoms with E-state index in [1.807, 2.05) is 80.8 Å². The topological polar surface area (TPSA) is 115 Å². The van der Waals surface area contributed by atoms with Crippen molar-refractivity contribution < 1.29 is 24.1 Å². The first-order valence-corrected chi connectivity index (χ1v) is 26.5. The minimum absolute atomic E-state index is 0.00995. The number of carboxylic acids is 1. The lowest BCUT2D eigenvalue weighted by Crippen LogP contribution is -2.48. The number of benzene rings is 5. The first-order chi connectivity index (χ1) is 35.5. The SMILES string of the molecule is C1CNCCN1.CN(C)CCOC(c1ccc(Cl)cc1)c1ccccn1.CN(C)CCOC(c1ccccc1)c1ccc(Br)cc1.O=C(O)COCCN1CCN(C(c2ccccc2)c2ccc(Cl)cc2)CC1. The average Bonchev–Trinajstić information content (AvgIpc) is 3.41. The van der Waals surface area contributed by atoms with Crippen molar-refractivity contribution in [1.29, 1.82) is 0 Å². The molecule has 0 amide bonds. The lowest BCUT2D eigenvalue weighted by atomic mass is 9.96. The summed E-state index contributed by atoms with van der Waals surface area (Å²) in [6.07, 6.45) is 1.62. The third-order valence-electron chi connectivity index (χ3n) is 11.9. The fraction of sp³-hybridized carbons (Fsp3) is 0.379. The Morgan fingerprint density at radius 1 is 0.603 bits per heavy atom. The highest BCUT2D eigenvalue weighted by atomic mass is 79.9. The predicted octanol–water partition coefficient (Wildman–Crippen LogP) is 9.85. The molecule has 2 fully saturated rings. The van der Waals surface area contributed by atoms with Crippen LogP contribution in [-0.4, -0.2) is 162 Å². The predicted molar refractivity (Wildman–Crippen MR) is 301 cm³/mol. The van der Waals surface area contributed by atoms with Crippen LogP contribution in [0.15, 0.2) is 162 Å². The van der Waals surface area contributed by atoms with Crippen LogP contribution in [0.25, 0.3) is 0 Å². The molecule has 0 saturated carbocycles. The smallest absolute Gasteiger partial charge is 0.329 e. The summed E-state index contributed by atoms with van der Waals surface area (Å²) in [6.45, 7) is 12.5. The second-order valence-electron chi connectivity index (χ2n) is 18.1. The summed E-state index contributed by atoms with van der Waals surface area (Å²) >= 11 is 15.5. The molecule has 1 aromatic heterocycles. The molecule has 0 radical (unpaired) electrons. The second kappa shape index (κ2) is 34.1. The molecule has 3 atom stereocenters. The van der Waals surface area contributed by atoms with E-state index in [0.29, 0.717) is 19.8 Å². The summed E-state index contributed by atoms with van der Waals surface area (Å²) in [5, 5.41) is 16.5. The maximum Gasteiger partial charge on any atom is 0.329 e. The number of nitrogens with one attached hydrogen (secondary N) is 2. The van der Waals surface area contributed by atoms with Crippen LogP contribution in [0.4, 0.5) is 0 Å². The van der Waals surface area contributed by atoms with Gasteiger partial charge in [-0.05, 0) is 105 Å². The number of ether oxygens (including phenoxy) is 3. The fourth-order valence-corrected chi connectivity index (χ4v) is 8.49. The van der Waals surface area contributed by atoms with Gasteiger partial charge in [-0.15, -0.1) is 0 Å². The molecule has 2 aliphatic rings. The minimum atomic E-state index is -0.923. The Labute approximate surface area is 452 Å². The van der Waals surface area contributed by atoms with E-state index in [2.05, 4.69) is 150 Å². The number of halogens is 3. The molecular formula is C58H74BrCl2N7O5. The molecule has 0 aliphatic carbocycles. The quantitative estimate of drug-likeness (QED) is 0.0633. The Morgan fingerprint density at radius 2 is 1.05 bits per heavy atom. The van der Waals surface area contributed by atoms with E-state index in [0.717, 1.165) is 97.8 Å². The number of hydrogen-bond donors (Lipinski definition) is 3. The maximum atomic E-state index is 10.5. The summed E-state index contributed by atoms with van der Waals surface area (Å²) in [5.74, 6) is -0.923. The number of nitrogens with zero attached hydrogens (tertiary/aromatic N) is 5. The van der Waals surface area contributed by atoms with Crippen LogP contribution in [0.2, 0.25) is 10.0 Å². The summed E-state index contributed by atoms with van der Waals surface area (Å²) in [5.41, 5.74) is 6.86. The van der Waals surface area contributed by atoms with Crippen molar-refractivity contribution >= 4 is 45.1 Å². The van der Waals surface area contributed by atoms with Gasteiger partial charge >= 0.3 is 5.97 Å². The van der Waals surface area contributed by atoms with Crippen LogP contribution in [0, 0.1) is 0 Å². The normalized spacial score (nSPS) is 15.1. The number of pyridine rings is 1. The molecule has 2 saturated heterocycles. The van der Waals surface area contributed by atoms with E-state index >= 15 is 0 Å². The number of rotatable bonds is 20. The summed E-state index contributed by atoms with van der Waals surface area (Å²) in [6, 6.07) is 51.1.